The Kier molecular flexibility index (Phi) is 4.48. The summed E-state index contributed by atoms with van der Waals surface area (Å²) in [6.07, 6.45) is 0. The van der Waals surface area contributed by atoms with E-state index in [9.17, 15) is 4.79 Å². The van der Waals surface area contributed by atoms with Gasteiger partial charge in [-0.15, -0.1) is 0 Å². The van der Waals surface area contributed by atoms with Crippen molar-refractivity contribution in [3.63, 3.8) is 0 Å². The van der Waals surface area contributed by atoms with Crippen LogP contribution in [0.1, 0.15) is 34.5 Å². The highest BCUT2D eigenvalue weighted by atomic mass is 16.5. The molecule has 0 aliphatic rings. The van der Waals surface area contributed by atoms with Crippen molar-refractivity contribution in [2.75, 3.05) is 12.8 Å². The number of rotatable bonds is 4. The molecule has 2 rings (SSSR count). The van der Waals surface area contributed by atoms with Gasteiger partial charge >= 0.3 is 0 Å². The third-order valence-electron chi connectivity index (χ3n) is 3.47. The van der Waals surface area contributed by atoms with E-state index in [1.807, 2.05) is 38.1 Å². The lowest BCUT2D eigenvalue weighted by molar-refractivity contribution is 0.0940. The number of amides is 1. The third-order valence-corrected chi connectivity index (χ3v) is 3.47. The fourth-order valence-electron chi connectivity index (χ4n) is 2.09. The highest BCUT2D eigenvalue weighted by Gasteiger charge is 2.12. The normalized spacial score (nSPS) is 11.8. The molecule has 21 heavy (non-hydrogen) atoms. The molecule has 2 aromatic carbocycles. The van der Waals surface area contributed by atoms with Gasteiger partial charge in [0.05, 0.1) is 13.2 Å². The molecule has 0 aromatic heterocycles. The Morgan fingerprint density at radius 3 is 2.67 bits per heavy atom. The van der Waals surface area contributed by atoms with E-state index in [1.165, 1.54) is 0 Å². The van der Waals surface area contributed by atoms with E-state index in [-0.39, 0.29) is 11.9 Å². The summed E-state index contributed by atoms with van der Waals surface area (Å²) in [5.41, 5.74) is 8.96. The maximum absolute atomic E-state index is 12.3. The van der Waals surface area contributed by atoms with Crippen molar-refractivity contribution in [2.24, 2.45) is 0 Å². The Morgan fingerprint density at radius 2 is 2.00 bits per heavy atom. The lowest BCUT2D eigenvalue weighted by Crippen LogP contribution is -2.26. The van der Waals surface area contributed by atoms with Crippen LogP contribution in [0.3, 0.4) is 0 Å². The largest absolute Gasteiger partial charge is 0.497 e. The molecule has 0 spiro atoms. The second-order valence-corrected chi connectivity index (χ2v) is 5.04. The Hall–Kier alpha value is -2.49. The van der Waals surface area contributed by atoms with Crippen LogP contribution in [0.4, 0.5) is 5.69 Å². The second-order valence-electron chi connectivity index (χ2n) is 5.04. The maximum Gasteiger partial charge on any atom is 0.251 e. The summed E-state index contributed by atoms with van der Waals surface area (Å²) >= 11 is 0. The van der Waals surface area contributed by atoms with E-state index < -0.39 is 0 Å². The standard InChI is InChI=1S/C17H20N2O2/c1-11-9-14(7-8-16(11)18)17(20)19-12(2)13-5-4-6-15(10-13)21-3/h4-10,12H,18H2,1-3H3,(H,19,20)/t12-/m1/s1. The molecule has 1 atom stereocenters. The van der Waals surface area contributed by atoms with E-state index in [2.05, 4.69) is 5.32 Å². The molecular weight excluding hydrogens is 264 g/mol. The average Bonchev–Trinajstić information content (AvgIpc) is 2.49. The average molecular weight is 284 g/mol. The van der Waals surface area contributed by atoms with Crippen molar-refractivity contribution < 1.29 is 9.53 Å². The Morgan fingerprint density at radius 1 is 1.24 bits per heavy atom. The second kappa shape index (κ2) is 6.31. The van der Waals surface area contributed by atoms with Crippen molar-refractivity contribution in [3.05, 3.63) is 59.2 Å². The number of nitrogens with one attached hydrogen (secondary N) is 1. The molecule has 4 nitrogen and oxygen atoms in total. The van der Waals surface area contributed by atoms with E-state index >= 15 is 0 Å². The minimum atomic E-state index is -0.117. The summed E-state index contributed by atoms with van der Waals surface area (Å²) in [6.45, 7) is 3.83. The van der Waals surface area contributed by atoms with Crippen LogP contribution in [0, 0.1) is 6.92 Å². The SMILES string of the molecule is COc1cccc([C@@H](C)NC(=O)c2ccc(N)c(C)c2)c1. The summed E-state index contributed by atoms with van der Waals surface area (Å²) in [4.78, 5) is 12.3. The summed E-state index contributed by atoms with van der Waals surface area (Å²) in [5, 5.41) is 2.98. The lowest BCUT2D eigenvalue weighted by atomic mass is 10.1. The van der Waals surface area contributed by atoms with Crippen LogP contribution in [0.25, 0.3) is 0 Å². The smallest absolute Gasteiger partial charge is 0.251 e. The number of aryl methyl sites for hydroxylation is 1. The number of carbonyl (C=O) groups excluding carboxylic acids is 1. The quantitative estimate of drug-likeness (QED) is 0.848. The number of hydrogen-bond acceptors (Lipinski definition) is 3. The lowest BCUT2D eigenvalue weighted by Gasteiger charge is -2.15. The van der Waals surface area contributed by atoms with Gasteiger partial charge in [-0.3, -0.25) is 4.79 Å². The van der Waals surface area contributed by atoms with E-state index in [4.69, 9.17) is 10.5 Å². The van der Waals surface area contributed by atoms with Gasteiger partial charge in [0.25, 0.3) is 5.91 Å². The Labute approximate surface area is 124 Å². The van der Waals surface area contributed by atoms with Gasteiger partial charge in [-0.05, 0) is 55.3 Å². The van der Waals surface area contributed by atoms with Crippen LogP contribution >= 0.6 is 0 Å². The number of nitrogens with two attached hydrogens (primary N) is 1. The first kappa shape index (κ1) is 14.9. The third kappa shape index (κ3) is 3.54. The van der Waals surface area contributed by atoms with Gasteiger partial charge in [0.15, 0.2) is 0 Å². The van der Waals surface area contributed by atoms with Gasteiger partial charge in [0, 0.05) is 11.3 Å². The Bertz CT molecular complexity index is 653. The highest BCUT2D eigenvalue weighted by Crippen LogP contribution is 2.19. The van der Waals surface area contributed by atoms with E-state index in [0.29, 0.717) is 11.3 Å². The van der Waals surface area contributed by atoms with Gasteiger partial charge < -0.3 is 15.8 Å². The molecule has 0 heterocycles. The zero-order chi connectivity index (χ0) is 15.4. The topological polar surface area (TPSA) is 64.3 Å². The molecule has 0 bridgehead atoms. The van der Waals surface area contributed by atoms with Crippen LogP contribution in [0.5, 0.6) is 5.75 Å². The predicted molar refractivity (Wildman–Crippen MR) is 84.5 cm³/mol. The monoisotopic (exact) mass is 284 g/mol. The maximum atomic E-state index is 12.3. The van der Waals surface area contributed by atoms with Gasteiger partial charge in [0.1, 0.15) is 5.75 Å². The van der Waals surface area contributed by atoms with Crippen LogP contribution in [-0.4, -0.2) is 13.0 Å². The number of benzene rings is 2. The number of anilines is 1. The van der Waals surface area contributed by atoms with Crippen LogP contribution in [0.2, 0.25) is 0 Å². The van der Waals surface area contributed by atoms with Crippen molar-refractivity contribution in [1.82, 2.24) is 5.32 Å². The zero-order valence-corrected chi connectivity index (χ0v) is 12.5. The molecule has 0 saturated heterocycles. The zero-order valence-electron chi connectivity index (χ0n) is 12.5. The van der Waals surface area contributed by atoms with Gasteiger partial charge in [-0.2, -0.15) is 0 Å². The first-order chi connectivity index (χ1) is 10.0. The molecule has 2 aromatic rings. The van der Waals surface area contributed by atoms with Crippen molar-refractivity contribution >= 4 is 11.6 Å². The van der Waals surface area contributed by atoms with Crippen molar-refractivity contribution in [3.8, 4) is 5.75 Å². The van der Waals surface area contributed by atoms with Gasteiger partial charge in [-0.1, -0.05) is 12.1 Å². The molecule has 0 radical (unpaired) electrons. The minimum Gasteiger partial charge on any atom is -0.497 e. The summed E-state index contributed by atoms with van der Waals surface area (Å²) in [5.74, 6) is 0.658. The number of carbonyl (C=O) groups is 1. The van der Waals surface area contributed by atoms with Crippen LogP contribution in [0.15, 0.2) is 42.5 Å². The van der Waals surface area contributed by atoms with Gasteiger partial charge in [-0.25, -0.2) is 0 Å². The molecule has 0 aliphatic heterocycles. The summed E-state index contributed by atoms with van der Waals surface area (Å²) in [6, 6.07) is 12.8. The number of ether oxygens (including phenoxy) is 1. The number of hydrogen-bond donors (Lipinski definition) is 2. The molecule has 0 aliphatic carbocycles. The number of nitrogen functional groups attached to an aromatic ring is 1. The van der Waals surface area contributed by atoms with Crippen LogP contribution in [-0.2, 0) is 0 Å². The molecule has 3 N–H and O–H groups in total. The molecule has 0 unspecified atom stereocenters. The molecule has 110 valence electrons. The van der Waals surface area contributed by atoms with E-state index in [1.54, 1.807) is 25.3 Å². The summed E-state index contributed by atoms with van der Waals surface area (Å²) in [7, 11) is 1.62. The fourth-order valence-corrected chi connectivity index (χ4v) is 2.09. The minimum absolute atomic E-state index is 0.106. The molecule has 0 fully saturated rings. The van der Waals surface area contributed by atoms with Crippen molar-refractivity contribution in [1.29, 1.82) is 0 Å². The predicted octanol–water partition coefficient (Wildman–Crippen LogP) is 3.08. The first-order valence-electron chi connectivity index (χ1n) is 6.82. The highest BCUT2D eigenvalue weighted by molar-refractivity contribution is 5.95. The Balaban J connectivity index is 2.12. The van der Waals surface area contributed by atoms with Crippen LogP contribution < -0.4 is 15.8 Å². The molecule has 4 heteroatoms. The van der Waals surface area contributed by atoms with Gasteiger partial charge in [0.2, 0.25) is 0 Å². The first-order valence-corrected chi connectivity index (χ1v) is 6.82. The number of methoxy groups -OCH3 is 1. The molecular formula is C17H20N2O2. The van der Waals surface area contributed by atoms with E-state index in [0.717, 1.165) is 16.9 Å². The summed E-state index contributed by atoms with van der Waals surface area (Å²) < 4.78 is 5.20. The fraction of sp³-hybridized carbons (Fsp3) is 0.235. The molecule has 1 amide bonds. The van der Waals surface area contributed by atoms with Crippen molar-refractivity contribution in [2.45, 2.75) is 19.9 Å². The molecule has 0 saturated carbocycles.